The van der Waals surface area contributed by atoms with Gasteiger partial charge in [-0.3, -0.25) is 34.3 Å². The van der Waals surface area contributed by atoms with E-state index in [4.69, 9.17) is 4.74 Å². The molecule has 4 aliphatic rings. The molecular formula is C41H39BrN4O6. The van der Waals surface area contributed by atoms with E-state index in [1.54, 1.807) is 18.2 Å². The zero-order valence-corrected chi connectivity index (χ0v) is 30.3. The molecular weight excluding hydrogens is 724 g/mol. The van der Waals surface area contributed by atoms with Gasteiger partial charge in [-0.25, -0.2) is 0 Å². The van der Waals surface area contributed by atoms with E-state index >= 15 is 0 Å². The molecule has 0 aliphatic carbocycles. The molecule has 52 heavy (non-hydrogen) atoms. The number of anilines is 1. The predicted molar refractivity (Wildman–Crippen MR) is 199 cm³/mol. The van der Waals surface area contributed by atoms with Crippen LogP contribution in [0.15, 0.2) is 89.4 Å². The fraction of sp³-hybridized carbons (Fsp3) is 0.317. The van der Waals surface area contributed by atoms with E-state index in [0.29, 0.717) is 23.7 Å². The minimum Gasteiger partial charge on any atom is -0.508 e. The maximum absolute atomic E-state index is 13.5. The first-order valence-electron chi connectivity index (χ1n) is 17.8. The predicted octanol–water partition coefficient (Wildman–Crippen LogP) is 5.96. The molecule has 10 nitrogen and oxygen atoms in total. The summed E-state index contributed by atoms with van der Waals surface area (Å²) in [4.78, 5) is 56.6. The lowest BCUT2D eigenvalue weighted by Gasteiger charge is -2.38. The van der Waals surface area contributed by atoms with Gasteiger partial charge in [0, 0.05) is 65.7 Å². The number of phenolic OH excluding ortho intramolecular Hbond substituents is 1. The summed E-state index contributed by atoms with van der Waals surface area (Å²) < 4.78 is 6.72. The number of hydrogen-bond donors (Lipinski definition) is 2. The molecule has 2 N–H and O–H groups in total. The molecule has 2 saturated heterocycles. The topological polar surface area (TPSA) is 119 Å². The third-order valence-corrected chi connectivity index (χ3v) is 12.0. The van der Waals surface area contributed by atoms with Crippen molar-refractivity contribution >= 4 is 45.2 Å². The molecule has 0 saturated carbocycles. The lowest BCUT2D eigenvalue weighted by molar-refractivity contribution is -0.136. The number of rotatable bonds is 7. The van der Waals surface area contributed by atoms with Gasteiger partial charge >= 0.3 is 0 Å². The molecule has 2 fully saturated rings. The summed E-state index contributed by atoms with van der Waals surface area (Å²) in [5, 5.41) is 12.4. The van der Waals surface area contributed by atoms with Crippen LogP contribution < -0.4 is 15.0 Å². The Kier molecular flexibility index (Phi) is 9.09. The Morgan fingerprint density at radius 3 is 2.37 bits per heavy atom. The monoisotopic (exact) mass is 762 g/mol. The molecule has 4 aromatic rings. The summed E-state index contributed by atoms with van der Waals surface area (Å²) in [5.74, 6) is -0.876. The molecule has 0 bridgehead atoms. The maximum Gasteiger partial charge on any atom is 0.263 e. The average molecular weight is 764 g/mol. The highest BCUT2D eigenvalue weighted by Gasteiger charge is 2.46. The zero-order valence-electron chi connectivity index (χ0n) is 28.8. The molecule has 0 radical (unpaired) electrons. The minimum absolute atomic E-state index is 0.0818. The molecule has 1 unspecified atom stereocenters. The van der Waals surface area contributed by atoms with Gasteiger partial charge in [-0.2, -0.15) is 0 Å². The third-order valence-electron chi connectivity index (χ3n) is 11.1. The van der Waals surface area contributed by atoms with Crippen molar-refractivity contribution in [1.82, 2.24) is 15.1 Å². The second-order valence-corrected chi connectivity index (χ2v) is 15.0. The molecule has 4 amide bonds. The highest BCUT2D eigenvalue weighted by molar-refractivity contribution is 9.10. The van der Waals surface area contributed by atoms with Crippen LogP contribution in [0.25, 0.3) is 0 Å². The fourth-order valence-electron chi connectivity index (χ4n) is 8.34. The van der Waals surface area contributed by atoms with Crippen molar-refractivity contribution in [2.75, 3.05) is 31.6 Å². The molecule has 4 aromatic carbocycles. The largest absolute Gasteiger partial charge is 0.508 e. The van der Waals surface area contributed by atoms with Gasteiger partial charge in [-0.1, -0.05) is 54.6 Å². The average Bonchev–Trinajstić information content (AvgIpc) is 3.41. The first-order chi connectivity index (χ1) is 25.2. The number of carbonyl (C=O) groups is 4. The van der Waals surface area contributed by atoms with Crippen molar-refractivity contribution in [3.8, 4) is 11.5 Å². The molecule has 4 aliphatic heterocycles. The fourth-order valence-corrected chi connectivity index (χ4v) is 8.98. The van der Waals surface area contributed by atoms with Gasteiger partial charge in [-0.15, -0.1) is 0 Å². The van der Waals surface area contributed by atoms with E-state index < -0.39 is 29.7 Å². The van der Waals surface area contributed by atoms with Gasteiger partial charge in [0.1, 0.15) is 17.5 Å². The van der Waals surface area contributed by atoms with E-state index in [1.165, 1.54) is 16.8 Å². The zero-order chi connectivity index (χ0) is 36.1. The van der Waals surface area contributed by atoms with Crippen molar-refractivity contribution in [1.29, 1.82) is 0 Å². The van der Waals surface area contributed by atoms with Gasteiger partial charge in [0.15, 0.2) is 0 Å². The Balaban J connectivity index is 0.929. The summed E-state index contributed by atoms with van der Waals surface area (Å²) >= 11 is 3.63. The summed E-state index contributed by atoms with van der Waals surface area (Å²) in [5.41, 5.74) is 6.13. The highest BCUT2D eigenvalue weighted by atomic mass is 79.9. The van der Waals surface area contributed by atoms with Crippen LogP contribution >= 0.6 is 15.9 Å². The summed E-state index contributed by atoms with van der Waals surface area (Å²) in [6.07, 6.45) is 2.14. The Morgan fingerprint density at radius 1 is 0.885 bits per heavy atom. The number of benzene rings is 4. The van der Waals surface area contributed by atoms with Crippen molar-refractivity contribution in [2.45, 2.75) is 56.1 Å². The number of carbonyl (C=O) groups excluding carboxylic acids is 4. The summed E-state index contributed by atoms with van der Waals surface area (Å²) in [6, 6.07) is 27.7. The summed E-state index contributed by atoms with van der Waals surface area (Å²) in [6.45, 7) is 2.92. The van der Waals surface area contributed by atoms with Gasteiger partial charge in [0.25, 0.3) is 11.8 Å². The van der Waals surface area contributed by atoms with Crippen molar-refractivity contribution in [3.63, 3.8) is 0 Å². The number of hydrogen-bond acceptors (Lipinski definition) is 8. The van der Waals surface area contributed by atoms with E-state index in [0.717, 1.165) is 47.7 Å². The number of amides is 4. The molecule has 266 valence electrons. The second-order valence-electron chi connectivity index (χ2n) is 14.2. The number of aromatic hydroxyl groups is 1. The number of nitrogens with zero attached hydrogens (tertiary/aromatic N) is 3. The van der Waals surface area contributed by atoms with Crippen LogP contribution in [0.5, 0.6) is 11.5 Å². The van der Waals surface area contributed by atoms with Gasteiger partial charge in [0.05, 0.1) is 17.7 Å². The first kappa shape index (κ1) is 34.1. The summed E-state index contributed by atoms with van der Waals surface area (Å²) in [7, 11) is 2.09. The number of piperidine rings is 2. The van der Waals surface area contributed by atoms with E-state index in [1.807, 2.05) is 18.2 Å². The van der Waals surface area contributed by atoms with Crippen LogP contribution in [0.4, 0.5) is 5.69 Å². The van der Waals surface area contributed by atoms with E-state index in [2.05, 4.69) is 86.6 Å². The number of halogens is 1. The van der Waals surface area contributed by atoms with Crippen LogP contribution in [-0.2, 0) is 16.1 Å². The van der Waals surface area contributed by atoms with Crippen LogP contribution in [-0.4, -0.2) is 77.4 Å². The Labute approximate surface area is 310 Å². The molecule has 0 spiro atoms. The third kappa shape index (κ3) is 6.15. The first-order valence-corrected chi connectivity index (χ1v) is 18.6. The lowest BCUT2D eigenvalue weighted by atomic mass is 9.76. The SMILES string of the molecule is CN(Cc1ccc2c(c1Br)C(=O)N(C1CCC(=O)NC1=O)C2=O)C1CCN(c2ccc([C@@H]3c4ccc(O)cc4OC[C@@H]3c3ccccc3)cc2)CC1. The Bertz CT molecular complexity index is 2060. The van der Waals surface area contributed by atoms with Crippen LogP contribution in [0.2, 0.25) is 0 Å². The van der Waals surface area contributed by atoms with Crippen molar-refractivity contribution in [3.05, 3.63) is 123 Å². The molecule has 8 rings (SSSR count). The van der Waals surface area contributed by atoms with Crippen molar-refractivity contribution in [2.24, 2.45) is 0 Å². The molecule has 4 heterocycles. The van der Waals surface area contributed by atoms with Crippen molar-refractivity contribution < 1.29 is 29.0 Å². The Morgan fingerprint density at radius 2 is 1.63 bits per heavy atom. The smallest absolute Gasteiger partial charge is 0.263 e. The molecule has 3 atom stereocenters. The van der Waals surface area contributed by atoms with Crippen LogP contribution in [0.1, 0.15) is 80.5 Å². The second kappa shape index (κ2) is 13.9. The Hall–Kier alpha value is -5.00. The lowest BCUT2D eigenvalue weighted by Crippen LogP contribution is -2.54. The van der Waals surface area contributed by atoms with Gasteiger partial charge in [0.2, 0.25) is 11.8 Å². The number of fused-ring (bicyclic) bond motifs is 2. The normalized spacial score (nSPS) is 21.9. The van der Waals surface area contributed by atoms with Gasteiger partial charge in [-0.05, 0) is 83.2 Å². The van der Waals surface area contributed by atoms with E-state index in [9.17, 15) is 24.3 Å². The van der Waals surface area contributed by atoms with E-state index in [-0.39, 0.29) is 41.6 Å². The highest BCUT2D eigenvalue weighted by Crippen LogP contribution is 2.47. The number of ether oxygens (including phenoxy) is 1. The minimum atomic E-state index is -0.996. The number of phenols is 1. The van der Waals surface area contributed by atoms with Gasteiger partial charge < -0.3 is 14.7 Å². The quantitative estimate of drug-likeness (QED) is 0.222. The number of nitrogens with one attached hydrogen (secondary N) is 1. The molecule has 11 heteroatoms. The molecule has 0 aromatic heterocycles. The van der Waals surface area contributed by atoms with Crippen LogP contribution in [0, 0.1) is 0 Å². The van der Waals surface area contributed by atoms with Crippen LogP contribution in [0.3, 0.4) is 0 Å². The number of imide groups is 2. The maximum atomic E-state index is 13.5. The standard InChI is InChI=1S/C41H39BrN4O6/c1-44(22-26-9-13-31-37(38(26)42)41(51)46(40(31)50)33-15-16-35(48)43-39(33)49)27-17-19-45(20-18-27)28-10-7-25(8-11-28)36-30-14-12-29(47)21-34(30)52-23-32(36)24-5-3-2-4-6-24/h2-14,21,27,32-33,36,47H,15-20,22-23H2,1H3,(H,43,48,49)/t32-,33?,36-/m1/s1.